The van der Waals surface area contributed by atoms with Gasteiger partial charge in [0.15, 0.2) is 0 Å². The van der Waals surface area contributed by atoms with E-state index in [4.69, 9.17) is 0 Å². The molecule has 0 saturated carbocycles. The highest BCUT2D eigenvalue weighted by Crippen LogP contribution is 2.40. The SMILES string of the molecule is CCCCCCCCC(CCCCCCCC)(CCCCCCCC)SC#N. The minimum absolute atomic E-state index is 0.245. The number of unbranched alkanes of at least 4 members (excludes halogenated alkanes) is 15. The number of nitriles is 1. The average Bonchev–Trinajstić information content (AvgIpc) is 2.70. The van der Waals surface area contributed by atoms with Crippen LogP contribution in [0.3, 0.4) is 0 Å². The highest BCUT2D eigenvalue weighted by Gasteiger charge is 2.29. The lowest BCUT2D eigenvalue weighted by atomic mass is 9.88. The van der Waals surface area contributed by atoms with Crippen LogP contribution in [0.25, 0.3) is 0 Å². The average molecular weight is 410 g/mol. The van der Waals surface area contributed by atoms with E-state index in [0.717, 1.165) is 0 Å². The summed E-state index contributed by atoms with van der Waals surface area (Å²) in [7, 11) is 0. The summed E-state index contributed by atoms with van der Waals surface area (Å²) in [6, 6.07) is 0. The number of rotatable bonds is 22. The maximum atomic E-state index is 9.53. The largest absolute Gasteiger partial charge is 0.185 e. The second-order valence-electron chi connectivity index (χ2n) is 8.93. The molecule has 0 N–H and O–H groups in total. The third-order valence-electron chi connectivity index (χ3n) is 6.22. The molecule has 0 aliphatic heterocycles. The Kier molecular flexibility index (Phi) is 21.4. The van der Waals surface area contributed by atoms with E-state index in [2.05, 4.69) is 26.2 Å². The molecule has 0 bridgehead atoms. The van der Waals surface area contributed by atoms with Gasteiger partial charge in [-0.25, -0.2) is 0 Å². The first kappa shape index (κ1) is 27.8. The molecule has 0 radical (unpaired) electrons. The smallest absolute Gasteiger partial charge is 0.133 e. The van der Waals surface area contributed by atoms with Crippen molar-refractivity contribution in [3.63, 3.8) is 0 Å². The van der Waals surface area contributed by atoms with E-state index in [9.17, 15) is 5.26 Å². The molecule has 0 aliphatic carbocycles. The van der Waals surface area contributed by atoms with Crippen LogP contribution in [0.15, 0.2) is 0 Å². The van der Waals surface area contributed by atoms with Crippen molar-refractivity contribution in [2.45, 2.75) is 160 Å². The van der Waals surface area contributed by atoms with E-state index in [-0.39, 0.29) is 4.75 Å². The van der Waals surface area contributed by atoms with Crippen molar-refractivity contribution in [3.8, 4) is 5.40 Å². The zero-order chi connectivity index (χ0) is 20.8. The molecule has 0 saturated heterocycles. The maximum absolute atomic E-state index is 9.53. The molecular formula is C26H51NS. The number of hydrogen-bond acceptors (Lipinski definition) is 2. The summed E-state index contributed by atoms with van der Waals surface area (Å²) < 4.78 is 0.245. The first-order valence-corrected chi connectivity index (χ1v) is 13.6. The van der Waals surface area contributed by atoms with Gasteiger partial charge in [0.1, 0.15) is 5.40 Å². The summed E-state index contributed by atoms with van der Waals surface area (Å²) in [5.41, 5.74) is 0. The highest BCUT2D eigenvalue weighted by atomic mass is 32.2. The molecule has 1 nitrogen and oxygen atoms in total. The van der Waals surface area contributed by atoms with E-state index in [1.165, 1.54) is 135 Å². The Morgan fingerprint density at radius 1 is 0.500 bits per heavy atom. The van der Waals surface area contributed by atoms with Crippen LogP contribution >= 0.6 is 11.8 Å². The fourth-order valence-corrected chi connectivity index (χ4v) is 5.24. The Balaban J connectivity index is 4.42. The van der Waals surface area contributed by atoms with E-state index in [1.54, 1.807) is 11.8 Å². The van der Waals surface area contributed by atoms with Crippen molar-refractivity contribution in [2.24, 2.45) is 0 Å². The fourth-order valence-electron chi connectivity index (χ4n) is 4.31. The topological polar surface area (TPSA) is 23.8 Å². The van der Waals surface area contributed by atoms with Gasteiger partial charge in [0.2, 0.25) is 0 Å². The predicted molar refractivity (Wildman–Crippen MR) is 130 cm³/mol. The van der Waals surface area contributed by atoms with Gasteiger partial charge in [-0.1, -0.05) is 136 Å². The van der Waals surface area contributed by atoms with Gasteiger partial charge in [-0.3, -0.25) is 0 Å². The Morgan fingerprint density at radius 3 is 1.07 bits per heavy atom. The molecule has 0 unspecified atom stereocenters. The minimum atomic E-state index is 0.245. The van der Waals surface area contributed by atoms with Gasteiger partial charge < -0.3 is 0 Å². The first-order chi connectivity index (χ1) is 13.7. The van der Waals surface area contributed by atoms with Crippen molar-refractivity contribution in [2.75, 3.05) is 0 Å². The predicted octanol–water partition coefficient (Wildman–Crippen LogP) is 10.2. The zero-order valence-electron chi connectivity index (χ0n) is 19.7. The molecule has 0 aromatic rings. The molecule has 0 heterocycles. The van der Waals surface area contributed by atoms with Crippen LogP contribution in [0.1, 0.15) is 156 Å². The monoisotopic (exact) mass is 409 g/mol. The Labute approximate surface area is 182 Å². The summed E-state index contributed by atoms with van der Waals surface area (Å²) in [4.78, 5) is 0. The third kappa shape index (κ3) is 16.8. The Morgan fingerprint density at radius 2 is 0.786 bits per heavy atom. The van der Waals surface area contributed by atoms with E-state index >= 15 is 0 Å². The number of thiocyanates is 1. The summed E-state index contributed by atoms with van der Waals surface area (Å²) in [6.45, 7) is 6.86. The van der Waals surface area contributed by atoms with Crippen LogP contribution in [0.4, 0.5) is 0 Å². The molecule has 2 heteroatoms. The van der Waals surface area contributed by atoms with Gasteiger partial charge in [-0.15, -0.1) is 0 Å². The van der Waals surface area contributed by atoms with Gasteiger partial charge in [-0.2, -0.15) is 5.26 Å². The second-order valence-corrected chi connectivity index (χ2v) is 10.2. The van der Waals surface area contributed by atoms with Crippen molar-refractivity contribution in [1.29, 1.82) is 5.26 Å². The second kappa shape index (κ2) is 21.5. The Bertz CT molecular complexity index is 306. The molecule has 166 valence electrons. The van der Waals surface area contributed by atoms with Crippen molar-refractivity contribution in [1.82, 2.24) is 0 Å². The van der Waals surface area contributed by atoms with Crippen LogP contribution in [0.2, 0.25) is 0 Å². The van der Waals surface area contributed by atoms with E-state index in [1.807, 2.05) is 0 Å². The lowest BCUT2D eigenvalue weighted by Crippen LogP contribution is -2.24. The van der Waals surface area contributed by atoms with Crippen molar-refractivity contribution in [3.05, 3.63) is 0 Å². The van der Waals surface area contributed by atoms with Crippen LogP contribution in [0, 0.1) is 10.7 Å². The van der Waals surface area contributed by atoms with Crippen molar-refractivity contribution >= 4 is 11.8 Å². The molecule has 0 aromatic heterocycles. The molecule has 0 rings (SSSR count). The van der Waals surface area contributed by atoms with Gasteiger partial charge in [0.05, 0.1) is 0 Å². The lowest BCUT2D eigenvalue weighted by molar-refractivity contribution is 0.404. The summed E-state index contributed by atoms with van der Waals surface area (Å²) in [5, 5.41) is 12.0. The number of nitrogens with zero attached hydrogens (tertiary/aromatic N) is 1. The van der Waals surface area contributed by atoms with Crippen molar-refractivity contribution < 1.29 is 0 Å². The van der Waals surface area contributed by atoms with Gasteiger partial charge >= 0.3 is 0 Å². The van der Waals surface area contributed by atoms with Crippen LogP contribution < -0.4 is 0 Å². The van der Waals surface area contributed by atoms with Gasteiger partial charge in [-0.05, 0) is 31.0 Å². The summed E-state index contributed by atoms with van der Waals surface area (Å²) >= 11 is 1.63. The van der Waals surface area contributed by atoms with E-state index < -0.39 is 0 Å². The molecule has 0 aromatic carbocycles. The molecule has 28 heavy (non-hydrogen) atoms. The van der Waals surface area contributed by atoms with Crippen LogP contribution in [-0.2, 0) is 0 Å². The minimum Gasteiger partial charge on any atom is -0.185 e. The first-order valence-electron chi connectivity index (χ1n) is 12.8. The molecule has 0 aliphatic rings. The molecule has 0 atom stereocenters. The standard InChI is InChI=1S/C26H51NS/c1-4-7-10-13-16-19-22-26(28-25-27,23-20-17-14-11-8-5-2)24-21-18-15-12-9-6-3/h4-24H2,1-3H3. The normalized spacial score (nSPS) is 11.6. The molecule has 0 spiro atoms. The van der Waals surface area contributed by atoms with Gasteiger partial charge in [0.25, 0.3) is 0 Å². The zero-order valence-corrected chi connectivity index (χ0v) is 20.5. The number of thioether (sulfide) groups is 1. The summed E-state index contributed by atoms with van der Waals surface area (Å²) in [5.74, 6) is 0. The highest BCUT2D eigenvalue weighted by molar-refractivity contribution is 8.05. The van der Waals surface area contributed by atoms with Crippen LogP contribution in [-0.4, -0.2) is 4.75 Å². The van der Waals surface area contributed by atoms with E-state index in [0.29, 0.717) is 0 Å². The number of hydrogen-bond donors (Lipinski definition) is 0. The lowest BCUT2D eigenvalue weighted by Gasteiger charge is -2.31. The van der Waals surface area contributed by atoms with Crippen LogP contribution in [0.5, 0.6) is 0 Å². The van der Waals surface area contributed by atoms with Gasteiger partial charge in [0, 0.05) is 4.75 Å². The molecule has 0 fully saturated rings. The Hall–Kier alpha value is -0.160. The fraction of sp³-hybridized carbons (Fsp3) is 0.962. The maximum Gasteiger partial charge on any atom is 0.133 e. The summed E-state index contributed by atoms with van der Waals surface area (Å²) in [6.07, 6.45) is 28.3. The third-order valence-corrected chi connectivity index (χ3v) is 7.36. The molecular weight excluding hydrogens is 358 g/mol. The quantitative estimate of drug-likeness (QED) is 0.131. The molecule has 0 amide bonds.